The zero-order valence-corrected chi connectivity index (χ0v) is 20.4. The Balaban J connectivity index is 2.18. The van der Waals surface area contributed by atoms with Crippen LogP contribution in [-0.2, 0) is 12.1 Å². The number of rotatable bonds is 10. The second kappa shape index (κ2) is 11.6. The largest absolute Gasteiger partial charge is 0.430 e. The second-order valence-corrected chi connectivity index (χ2v) is 8.62. The quantitative estimate of drug-likeness (QED) is 0.235. The monoisotopic (exact) mass is 543 g/mol. The number of aromatic nitrogens is 2. The smallest absolute Gasteiger partial charge is 0.396 e. The zero-order valence-electron chi connectivity index (χ0n) is 20.4. The van der Waals surface area contributed by atoms with Crippen molar-refractivity contribution in [3.63, 3.8) is 0 Å². The number of nitrogens with one attached hydrogen (secondary N) is 1. The van der Waals surface area contributed by atoms with Crippen molar-refractivity contribution in [2.24, 2.45) is 0 Å². The number of carbonyl (C=O) groups is 1. The fourth-order valence-electron chi connectivity index (χ4n) is 3.96. The van der Waals surface area contributed by atoms with Crippen LogP contribution in [0.3, 0.4) is 0 Å². The Morgan fingerprint density at radius 3 is 2.05 bits per heavy atom. The number of unbranched alkanes of at least 4 members (excludes halogenated alkanes) is 1. The van der Waals surface area contributed by atoms with Gasteiger partial charge in [-0.2, -0.15) is 26.3 Å². The Kier molecular flexibility index (Phi) is 8.88. The number of benzene rings is 2. The maximum absolute atomic E-state index is 13.3. The van der Waals surface area contributed by atoms with Crippen LogP contribution in [0.1, 0.15) is 42.2 Å². The molecule has 0 radical (unpaired) electrons. The first-order valence-electron chi connectivity index (χ1n) is 11.9. The molecule has 0 spiro atoms. The van der Waals surface area contributed by atoms with Crippen LogP contribution in [0.25, 0.3) is 22.6 Å². The van der Waals surface area contributed by atoms with Gasteiger partial charge in [0, 0.05) is 36.4 Å². The minimum Gasteiger partial charge on any atom is -0.396 e. The number of hydrogen-bond acceptors (Lipinski definition) is 4. The molecule has 0 bridgehead atoms. The lowest BCUT2D eigenvalue weighted by Gasteiger charge is -2.32. The molecule has 12 heteroatoms. The molecule has 2 aromatic carbocycles. The summed E-state index contributed by atoms with van der Waals surface area (Å²) >= 11 is 0. The maximum atomic E-state index is 13.3. The molecule has 3 rings (SSSR count). The van der Waals surface area contributed by atoms with Crippen LogP contribution in [-0.4, -0.2) is 51.2 Å². The molecule has 1 amide bonds. The van der Waals surface area contributed by atoms with Gasteiger partial charge in [0.2, 0.25) is 0 Å². The minimum atomic E-state index is -6.02. The summed E-state index contributed by atoms with van der Waals surface area (Å²) in [5, 5.41) is 21.9. The van der Waals surface area contributed by atoms with Gasteiger partial charge in [-0.25, -0.2) is 4.98 Å². The topological polar surface area (TPSA) is 87.4 Å². The number of halogens is 6. The van der Waals surface area contributed by atoms with Gasteiger partial charge in [-0.1, -0.05) is 67.9 Å². The highest BCUT2D eigenvalue weighted by atomic mass is 19.4. The number of aliphatic hydroxyl groups is 2. The molecule has 0 aliphatic carbocycles. The van der Waals surface area contributed by atoms with Crippen LogP contribution in [0.5, 0.6) is 0 Å². The molecule has 38 heavy (non-hydrogen) atoms. The summed E-state index contributed by atoms with van der Waals surface area (Å²) in [5.74, 6) is -0.360. The van der Waals surface area contributed by atoms with Crippen LogP contribution in [0.2, 0.25) is 0 Å². The predicted molar refractivity (Wildman–Crippen MR) is 128 cm³/mol. The molecule has 0 aliphatic rings. The van der Waals surface area contributed by atoms with E-state index in [-0.39, 0.29) is 42.3 Å². The van der Waals surface area contributed by atoms with Gasteiger partial charge in [-0.15, -0.1) is 0 Å². The van der Waals surface area contributed by atoms with E-state index >= 15 is 0 Å². The lowest BCUT2D eigenvalue weighted by Crippen LogP contribution is -2.53. The minimum absolute atomic E-state index is 0.0962. The normalized spacial score (nSPS) is 12.6. The van der Waals surface area contributed by atoms with Gasteiger partial charge in [0.25, 0.3) is 11.5 Å². The van der Waals surface area contributed by atoms with E-state index in [4.69, 9.17) is 0 Å². The van der Waals surface area contributed by atoms with Crippen molar-refractivity contribution in [1.29, 1.82) is 0 Å². The van der Waals surface area contributed by atoms with Crippen molar-refractivity contribution in [3.05, 3.63) is 65.9 Å². The van der Waals surface area contributed by atoms with Crippen LogP contribution in [0, 0.1) is 0 Å². The van der Waals surface area contributed by atoms with E-state index < -0.39 is 29.4 Å². The van der Waals surface area contributed by atoms with Gasteiger partial charge in [-0.05, 0) is 12.8 Å². The molecule has 1 aromatic heterocycles. The average molecular weight is 544 g/mol. The molecule has 3 aromatic rings. The lowest BCUT2D eigenvalue weighted by molar-refractivity contribution is -0.376. The molecule has 3 N–H and O–H groups in total. The van der Waals surface area contributed by atoms with Gasteiger partial charge < -0.3 is 20.1 Å². The third-order valence-electron chi connectivity index (χ3n) is 5.97. The number of amides is 1. The Hall–Kier alpha value is -3.38. The Morgan fingerprint density at radius 1 is 0.921 bits per heavy atom. The summed E-state index contributed by atoms with van der Waals surface area (Å²) < 4.78 is 81.4. The van der Waals surface area contributed by atoms with E-state index in [0.717, 1.165) is 18.6 Å². The molecule has 0 unspecified atom stereocenters. The molecule has 0 fully saturated rings. The molecule has 6 nitrogen and oxygen atoms in total. The third kappa shape index (κ3) is 5.70. The molecule has 0 saturated carbocycles. The predicted octanol–water partition coefficient (Wildman–Crippen LogP) is 5.44. The van der Waals surface area contributed by atoms with Gasteiger partial charge in [0.1, 0.15) is 17.2 Å². The SMILES string of the molecule is CCCCNC(=O)c1c(-c2ccccc2)nc(-c2ccc(C(O)(C(F)(F)F)C(F)(F)F)cc2)n1CCCO. The van der Waals surface area contributed by atoms with Gasteiger partial charge >= 0.3 is 12.4 Å². The number of carbonyl (C=O) groups excluding carboxylic acids is 1. The fraction of sp³-hybridized carbons (Fsp3) is 0.385. The van der Waals surface area contributed by atoms with Gasteiger partial charge in [-0.3, -0.25) is 4.79 Å². The highest BCUT2D eigenvalue weighted by Crippen LogP contribution is 2.50. The van der Waals surface area contributed by atoms with Crippen LogP contribution < -0.4 is 5.32 Å². The zero-order chi connectivity index (χ0) is 28.1. The lowest BCUT2D eigenvalue weighted by atomic mass is 9.91. The van der Waals surface area contributed by atoms with E-state index in [0.29, 0.717) is 30.7 Å². The summed E-state index contributed by atoms with van der Waals surface area (Å²) in [4.78, 5) is 17.8. The summed E-state index contributed by atoms with van der Waals surface area (Å²) in [6.07, 6.45) is -10.3. The van der Waals surface area contributed by atoms with Crippen molar-refractivity contribution in [2.45, 2.75) is 50.7 Å². The van der Waals surface area contributed by atoms with Crippen molar-refractivity contribution < 1.29 is 41.4 Å². The summed E-state index contributed by atoms with van der Waals surface area (Å²) in [6.45, 7) is 2.19. The molecular weight excluding hydrogens is 516 g/mol. The number of nitrogens with zero attached hydrogens (tertiary/aromatic N) is 2. The van der Waals surface area contributed by atoms with E-state index in [2.05, 4.69) is 10.3 Å². The van der Waals surface area contributed by atoms with Crippen molar-refractivity contribution >= 4 is 5.91 Å². The number of aliphatic hydroxyl groups excluding tert-OH is 1. The number of imidazole rings is 1. The summed E-state index contributed by atoms with van der Waals surface area (Å²) in [5.41, 5.74) is -5.39. The highest BCUT2D eigenvalue weighted by molar-refractivity contribution is 5.99. The summed E-state index contributed by atoms with van der Waals surface area (Å²) in [6, 6.07) is 11.6. The first kappa shape index (κ1) is 29.2. The maximum Gasteiger partial charge on any atom is 0.430 e. The van der Waals surface area contributed by atoms with E-state index in [1.165, 1.54) is 4.57 Å². The Labute approximate surface area is 214 Å². The molecular formula is C26H27F6N3O3. The van der Waals surface area contributed by atoms with Gasteiger partial charge in [0.15, 0.2) is 0 Å². The van der Waals surface area contributed by atoms with E-state index in [1.807, 2.05) is 6.92 Å². The van der Waals surface area contributed by atoms with Crippen molar-refractivity contribution in [3.8, 4) is 22.6 Å². The molecule has 0 aliphatic heterocycles. The second-order valence-electron chi connectivity index (χ2n) is 8.62. The molecule has 0 saturated heterocycles. The Morgan fingerprint density at radius 2 is 1.53 bits per heavy atom. The van der Waals surface area contributed by atoms with Gasteiger partial charge in [0.05, 0.1) is 0 Å². The van der Waals surface area contributed by atoms with E-state index in [9.17, 15) is 41.4 Å². The third-order valence-corrected chi connectivity index (χ3v) is 5.97. The first-order valence-corrected chi connectivity index (χ1v) is 11.9. The number of hydrogen-bond donors (Lipinski definition) is 3. The van der Waals surface area contributed by atoms with Crippen LogP contribution in [0.4, 0.5) is 26.3 Å². The first-order chi connectivity index (χ1) is 17.9. The standard InChI is InChI=1S/C26H27F6N3O3/c1-2-3-14-33-23(37)21-20(17-8-5-4-6-9-17)34-22(35(21)15-7-16-36)18-10-12-19(13-11-18)24(38,25(27,28)29)26(30,31)32/h4-6,8-13,36,38H,2-3,7,14-16H2,1H3,(H,33,37). The van der Waals surface area contributed by atoms with E-state index in [1.54, 1.807) is 30.3 Å². The van der Waals surface area contributed by atoms with Crippen molar-refractivity contribution in [2.75, 3.05) is 13.2 Å². The molecule has 1 heterocycles. The number of alkyl halides is 6. The summed E-state index contributed by atoms with van der Waals surface area (Å²) in [7, 11) is 0. The van der Waals surface area contributed by atoms with Crippen LogP contribution >= 0.6 is 0 Å². The van der Waals surface area contributed by atoms with Crippen molar-refractivity contribution in [1.82, 2.24) is 14.9 Å². The highest BCUT2D eigenvalue weighted by Gasteiger charge is 2.71. The van der Waals surface area contributed by atoms with Crippen LogP contribution in [0.15, 0.2) is 54.6 Å². The average Bonchev–Trinajstić information content (AvgIpc) is 3.26. The molecule has 206 valence electrons. The molecule has 0 atom stereocenters. The Bertz CT molecular complexity index is 1210. The fourth-order valence-corrected chi connectivity index (χ4v) is 3.96.